The van der Waals surface area contributed by atoms with Crippen molar-refractivity contribution in [3.63, 3.8) is 0 Å². The van der Waals surface area contributed by atoms with Crippen LogP contribution in [0.1, 0.15) is 33.6 Å². The Morgan fingerprint density at radius 3 is 2.85 bits per heavy atom. The van der Waals surface area contributed by atoms with Gasteiger partial charge in [-0.1, -0.05) is 6.08 Å². The third-order valence-corrected chi connectivity index (χ3v) is 3.52. The number of ether oxygens (including phenoxy) is 1. The summed E-state index contributed by atoms with van der Waals surface area (Å²) in [6.45, 7) is 5.49. The van der Waals surface area contributed by atoms with E-state index in [1.165, 1.54) is 0 Å². The number of aliphatic hydroxyl groups is 1. The number of allylic oxidation sites excluding steroid dienone is 1. The fraction of sp³-hybridized carbons (Fsp3) is 0.533. The third-order valence-electron chi connectivity index (χ3n) is 3.52. The number of carbonyl (C=O) groups is 1. The Bertz CT molecular complexity index is 478. The lowest BCUT2D eigenvalue weighted by Gasteiger charge is -2.34. The summed E-state index contributed by atoms with van der Waals surface area (Å²) in [7, 11) is 0. The van der Waals surface area contributed by atoms with Gasteiger partial charge in [0.15, 0.2) is 0 Å². The van der Waals surface area contributed by atoms with Crippen molar-refractivity contribution in [2.75, 3.05) is 6.61 Å². The van der Waals surface area contributed by atoms with Gasteiger partial charge in [0.05, 0.1) is 6.61 Å². The van der Waals surface area contributed by atoms with Crippen LogP contribution >= 0.6 is 0 Å². The highest BCUT2D eigenvalue weighted by atomic mass is 17.2. The van der Waals surface area contributed by atoms with Gasteiger partial charge >= 0.3 is 5.97 Å². The second-order valence-electron chi connectivity index (χ2n) is 5.41. The molecule has 1 saturated heterocycles. The van der Waals surface area contributed by atoms with E-state index in [0.29, 0.717) is 11.3 Å². The van der Waals surface area contributed by atoms with Crippen LogP contribution in [-0.4, -0.2) is 29.4 Å². The lowest BCUT2D eigenvalue weighted by atomic mass is 9.93. The predicted octanol–water partition coefficient (Wildman–Crippen LogP) is 2.18. The van der Waals surface area contributed by atoms with Gasteiger partial charge in [0.25, 0.3) is 0 Å². The molecule has 0 aliphatic carbocycles. The molecule has 0 aromatic carbocycles. The Balaban J connectivity index is 2.00. The first-order chi connectivity index (χ1) is 9.43. The summed E-state index contributed by atoms with van der Waals surface area (Å²) in [5, 5.41) is 8.87. The first-order valence-electron chi connectivity index (χ1n) is 6.69. The summed E-state index contributed by atoms with van der Waals surface area (Å²) in [5.74, 6) is 0.177. The lowest BCUT2D eigenvalue weighted by molar-refractivity contribution is -0.386. The van der Waals surface area contributed by atoms with E-state index in [2.05, 4.69) is 0 Å². The molecule has 0 aromatic rings. The molecule has 0 aromatic heterocycles. The number of aliphatic hydroxyl groups excluding tert-OH is 1. The van der Waals surface area contributed by atoms with Gasteiger partial charge in [0.1, 0.15) is 17.5 Å². The molecule has 0 radical (unpaired) electrons. The van der Waals surface area contributed by atoms with Crippen molar-refractivity contribution in [3.8, 4) is 0 Å². The van der Waals surface area contributed by atoms with E-state index in [0.717, 1.165) is 18.4 Å². The van der Waals surface area contributed by atoms with Crippen LogP contribution in [0.5, 0.6) is 0 Å². The third kappa shape index (κ3) is 3.36. The van der Waals surface area contributed by atoms with Crippen molar-refractivity contribution in [2.45, 2.75) is 45.3 Å². The van der Waals surface area contributed by atoms with Crippen LogP contribution in [0.4, 0.5) is 0 Å². The zero-order chi connectivity index (χ0) is 14.8. The molecule has 2 heterocycles. The average Bonchev–Trinajstić information content (AvgIpc) is 2.68. The number of rotatable bonds is 3. The molecule has 1 fully saturated rings. The highest BCUT2D eigenvalue weighted by Crippen LogP contribution is 2.32. The fourth-order valence-electron chi connectivity index (χ4n) is 2.21. The number of hydrogen-bond donors (Lipinski definition) is 1. The van der Waals surface area contributed by atoms with Gasteiger partial charge in [0.2, 0.25) is 0 Å². The molecule has 1 N–H and O–H groups in total. The minimum atomic E-state index is -0.618. The van der Waals surface area contributed by atoms with Crippen LogP contribution in [0.15, 0.2) is 35.1 Å². The van der Waals surface area contributed by atoms with E-state index in [4.69, 9.17) is 19.6 Å². The molecule has 2 aliphatic rings. The standard InChI is InChI=1S/C15H20O5/c1-10(5-7-16)13-4-6-15(3,20-19-13)9-12-8-11(2)14(17)18-12/h5,8-9,13,16H,4,6-7H2,1-3H3/b10-5+,12-9+/t13-,15-/m0/s1. The maximum Gasteiger partial charge on any atom is 0.339 e. The minimum Gasteiger partial charge on any atom is -0.423 e. The van der Waals surface area contributed by atoms with Gasteiger partial charge in [-0.05, 0) is 51.3 Å². The SMILES string of the molecule is CC1=C/C(=C\[C@]2(C)CC[C@@H](/C(C)=C/CO)OO2)OC1=O. The van der Waals surface area contributed by atoms with Crippen molar-refractivity contribution in [3.05, 3.63) is 35.1 Å². The zero-order valence-corrected chi connectivity index (χ0v) is 12.0. The van der Waals surface area contributed by atoms with Gasteiger partial charge in [-0.3, -0.25) is 0 Å². The van der Waals surface area contributed by atoms with E-state index in [1.807, 2.05) is 13.8 Å². The molecule has 0 unspecified atom stereocenters. The Morgan fingerprint density at radius 1 is 1.60 bits per heavy atom. The van der Waals surface area contributed by atoms with Gasteiger partial charge in [-0.2, -0.15) is 0 Å². The average molecular weight is 280 g/mol. The molecule has 20 heavy (non-hydrogen) atoms. The topological polar surface area (TPSA) is 65.0 Å². The Hall–Kier alpha value is -1.43. The summed E-state index contributed by atoms with van der Waals surface area (Å²) in [5.41, 5.74) is 0.911. The second-order valence-corrected chi connectivity index (χ2v) is 5.41. The van der Waals surface area contributed by atoms with E-state index in [-0.39, 0.29) is 18.7 Å². The first kappa shape index (κ1) is 15.0. The molecule has 0 bridgehead atoms. The van der Waals surface area contributed by atoms with Crippen LogP contribution in [0.3, 0.4) is 0 Å². The van der Waals surface area contributed by atoms with Crippen molar-refractivity contribution in [2.24, 2.45) is 0 Å². The van der Waals surface area contributed by atoms with Gasteiger partial charge < -0.3 is 9.84 Å². The summed E-state index contributed by atoms with van der Waals surface area (Å²) < 4.78 is 5.10. The van der Waals surface area contributed by atoms with Crippen molar-refractivity contribution >= 4 is 5.97 Å². The molecule has 2 rings (SSSR count). The summed E-state index contributed by atoms with van der Waals surface area (Å²) in [4.78, 5) is 22.2. The number of esters is 1. The minimum absolute atomic E-state index is 0.00691. The molecule has 5 nitrogen and oxygen atoms in total. The molecule has 0 spiro atoms. The summed E-state index contributed by atoms with van der Waals surface area (Å²) in [6, 6.07) is 0. The number of carbonyl (C=O) groups excluding carboxylic acids is 1. The Kier molecular flexibility index (Phi) is 4.42. The van der Waals surface area contributed by atoms with Crippen LogP contribution < -0.4 is 0 Å². The Labute approximate surface area is 118 Å². The number of hydrogen-bond acceptors (Lipinski definition) is 5. The monoisotopic (exact) mass is 280 g/mol. The largest absolute Gasteiger partial charge is 0.423 e. The molecule has 2 atom stereocenters. The molecule has 2 aliphatic heterocycles. The van der Waals surface area contributed by atoms with Crippen LogP contribution in [0.25, 0.3) is 0 Å². The molecular weight excluding hydrogens is 260 g/mol. The van der Waals surface area contributed by atoms with Crippen molar-refractivity contribution in [1.29, 1.82) is 0 Å². The maximum atomic E-state index is 11.3. The van der Waals surface area contributed by atoms with Crippen molar-refractivity contribution < 1.29 is 24.4 Å². The second kappa shape index (κ2) is 5.91. The van der Waals surface area contributed by atoms with Crippen molar-refractivity contribution in [1.82, 2.24) is 0 Å². The van der Waals surface area contributed by atoms with E-state index < -0.39 is 5.60 Å². The highest BCUT2D eigenvalue weighted by molar-refractivity contribution is 5.92. The molecule has 110 valence electrons. The highest BCUT2D eigenvalue weighted by Gasteiger charge is 2.34. The molecule has 0 saturated carbocycles. The summed E-state index contributed by atoms with van der Waals surface area (Å²) >= 11 is 0. The fourth-order valence-corrected chi connectivity index (χ4v) is 2.21. The maximum absolute atomic E-state index is 11.3. The van der Waals surface area contributed by atoms with Crippen LogP contribution in [0, 0.1) is 0 Å². The van der Waals surface area contributed by atoms with E-state index in [9.17, 15) is 4.79 Å². The number of cyclic esters (lactones) is 1. The first-order valence-corrected chi connectivity index (χ1v) is 6.69. The van der Waals surface area contributed by atoms with Gasteiger partial charge in [-0.15, -0.1) is 0 Å². The predicted molar refractivity (Wildman–Crippen MR) is 72.4 cm³/mol. The Morgan fingerprint density at radius 2 is 2.35 bits per heavy atom. The lowest BCUT2D eigenvalue weighted by Crippen LogP contribution is -2.36. The van der Waals surface area contributed by atoms with Gasteiger partial charge in [0, 0.05) is 5.57 Å². The van der Waals surface area contributed by atoms with Crippen LogP contribution in [0.2, 0.25) is 0 Å². The smallest absolute Gasteiger partial charge is 0.339 e. The molecule has 5 heteroatoms. The quantitative estimate of drug-likeness (QED) is 0.487. The van der Waals surface area contributed by atoms with Crippen LogP contribution in [-0.2, 0) is 19.3 Å². The van der Waals surface area contributed by atoms with E-state index >= 15 is 0 Å². The molecular formula is C15H20O5. The zero-order valence-electron chi connectivity index (χ0n) is 12.0. The normalized spacial score (nSPS) is 33.3. The van der Waals surface area contributed by atoms with Gasteiger partial charge in [-0.25, -0.2) is 14.6 Å². The molecule has 0 amide bonds. The van der Waals surface area contributed by atoms with E-state index in [1.54, 1.807) is 25.2 Å². The summed E-state index contributed by atoms with van der Waals surface area (Å²) in [6.07, 6.45) is 6.54.